The van der Waals surface area contributed by atoms with Gasteiger partial charge in [-0.1, -0.05) is 31.4 Å². The summed E-state index contributed by atoms with van der Waals surface area (Å²) in [5.41, 5.74) is 3.50. The Balaban J connectivity index is 1.54. The molecule has 5 rings (SSSR count). The topological polar surface area (TPSA) is 74.6 Å². The molecule has 1 aromatic heterocycles. The van der Waals surface area contributed by atoms with Crippen LogP contribution in [0.4, 0.5) is 11.4 Å². The Morgan fingerprint density at radius 3 is 2.71 bits per heavy atom. The van der Waals surface area contributed by atoms with E-state index in [4.69, 9.17) is 4.42 Å². The van der Waals surface area contributed by atoms with Gasteiger partial charge in [0.25, 0.3) is 0 Å². The zero-order valence-corrected chi connectivity index (χ0v) is 17.7. The maximum atomic E-state index is 13.2. The van der Waals surface area contributed by atoms with Gasteiger partial charge in [0.15, 0.2) is 5.78 Å². The SMILES string of the molecule is O=C(CN1c2ccccc2NC2=C(C(=O)CCC2)C1c1ccco1)NC1CCCCC1. The van der Waals surface area contributed by atoms with Crippen molar-refractivity contribution in [2.75, 3.05) is 16.8 Å². The van der Waals surface area contributed by atoms with Crippen LogP contribution in [0.2, 0.25) is 0 Å². The number of anilines is 2. The molecule has 2 N–H and O–H groups in total. The molecule has 6 heteroatoms. The van der Waals surface area contributed by atoms with Crippen molar-refractivity contribution in [2.24, 2.45) is 0 Å². The van der Waals surface area contributed by atoms with Gasteiger partial charge < -0.3 is 20.0 Å². The van der Waals surface area contributed by atoms with Crippen LogP contribution >= 0.6 is 0 Å². The lowest BCUT2D eigenvalue weighted by Gasteiger charge is -2.34. The third kappa shape index (κ3) is 3.99. The third-order valence-corrected chi connectivity index (χ3v) is 6.64. The van der Waals surface area contributed by atoms with Crippen molar-refractivity contribution >= 4 is 23.1 Å². The van der Waals surface area contributed by atoms with Gasteiger partial charge >= 0.3 is 0 Å². The molecule has 0 bridgehead atoms. The van der Waals surface area contributed by atoms with Gasteiger partial charge in [-0.3, -0.25) is 9.59 Å². The number of furan rings is 1. The Labute approximate surface area is 182 Å². The van der Waals surface area contributed by atoms with Crippen molar-refractivity contribution in [3.63, 3.8) is 0 Å². The van der Waals surface area contributed by atoms with Crippen molar-refractivity contribution in [3.05, 3.63) is 59.7 Å². The molecule has 0 saturated heterocycles. The zero-order chi connectivity index (χ0) is 21.2. The molecule has 1 fully saturated rings. The van der Waals surface area contributed by atoms with E-state index in [1.807, 2.05) is 41.3 Å². The van der Waals surface area contributed by atoms with Crippen LogP contribution in [0.3, 0.4) is 0 Å². The van der Waals surface area contributed by atoms with Crippen LogP contribution in [-0.2, 0) is 9.59 Å². The quantitative estimate of drug-likeness (QED) is 0.751. The van der Waals surface area contributed by atoms with Crippen molar-refractivity contribution in [2.45, 2.75) is 63.5 Å². The zero-order valence-electron chi connectivity index (χ0n) is 17.7. The second-order valence-corrected chi connectivity index (χ2v) is 8.76. The highest BCUT2D eigenvalue weighted by Gasteiger charge is 2.39. The van der Waals surface area contributed by atoms with Crippen LogP contribution < -0.4 is 15.5 Å². The molecule has 6 nitrogen and oxygen atoms in total. The predicted molar refractivity (Wildman–Crippen MR) is 120 cm³/mol. The largest absolute Gasteiger partial charge is 0.467 e. The molecular weight excluding hydrogens is 390 g/mol. The smallest absolute Gasteiger partial charge is 0.239 e. The van der Waals surface area contributed by atoms with Gasteiger partial charge in [0.05, 0.1) is 24.2 Å². The minimum Gasteiger partial charge on any atom is -0.467 e. The molecule has 0 spiro atoms. The first-order valence-corrected chi connectivity index (χ1v) is 11.4. The van der Waals surface area contributed by atoms with E-state index >= 15 is 0 Å². The summed E-state index contributed by atoms with van der Waals surface area (Å²) in [4.78, 5) is 28.3. The van der Waals surface area contributed by atoms with Crippen LogP contribution in [0, 0.1) is 0 Å². The first kappa shape index (κ1) is 19.9. The molecule has 31 heavy (non-hydrogen) atoms. The van der Waals surface area contributed by atoms with Crippen LogP contribution in [-0.4, -0.2) is 24.3 Å². The maximum Gasteiger partial charge on any atom is 0.239 e. The minimum absolute atomic E-state index is 0.00873. The average Bonchev–Trinajstić information content (AvgIpc) is 3.26. The van der Waals surface area contributed by atoms with Crippen molar-refractivity contribution in [1.82, 2.24) is 5.32 Å². The van der Waals surface area contributed by atoms with E-state index in [1.54, 1.807) is 6.26 Å². The molecule has 1 unspecified atom stereocenters. The van der Waals surface area contributed by atoms with E-state index in [9.17, 15) is 9.59 Å². The highest BCUT2D eigenvalue weighted by Crippen LogP contribution is 2.44. The van der Waals surface area contributed by atoms with Crippen LogP contribution in [0.25, 0.3) is 0 Å². The average molecular weight is 420 g/mol. The molecule has 2 heterocycles. The number of fused-ring (bicyclic) bond motifs is 1. The van der Waals surface area contributed by atoms with Crippen molar-refractivity contribution in [3.8, 4) is 0 Å². The summed E-state index contributed by atoms with van der Waals surface area (Å²) < 4.78 is 5.82. The highest BCUT2D eigenvalue weighted by molar-refractivity contribution is 6.01. The number of nitrogens with one attached hydrogen (secondary N) is 2. The summed E-state index contributed by atoms with van der Waals surface area (Å²) in [6.07, 6.45) is 9.47. The first-order chi connectivity index (χ1) is 15.2. The molecular formula is C25H29N3O3. The van der Waals surface area contributed by atoms with E-state index < -0.39 is 6.04 Å². The molecule has 3 aliphatic rings. The Hall–Kier alpha value is -3.02. The molecule has 1 aromatic carbocycles. The number of nitrogens with zero attached hydrogens (tertiary/aromatic N) is 1. The van der Waals surface area contributed by atoms with Gasteiger partial charge in [-0.25, -0.2) is 0 Å². The molecule has 1 aliphatic heterocycles. The first-order valence-electron chi connectivity index (χ1n) is 11.4. The Kier molecular flexibility index (Phi) is 5.53. The number of para-hydroxylation sites is 2. The van der Waals surface area contributed by atoms with E-state index in [2.05, 4.69) is 10.6 Å². The standard InChI is InChI=1S/C25H29N3O3/c29-21-13-6-11-19-24(21)25(22-14-7-15-31-22)28(20-12-5-4-10-18(20)27-19)16-23(30)26-17-8-2-1-3-9-17/h4-5,7,10,12,14-15,17,25,27H,1-3,6,8-9,11,13,16H2,(H,26,30). The summed E-state index contributed by atoms with van der Waals surface area (Å²) in [7, 11) is 0. The van der Waals surface area contributed by atoms with Crippen LogP contribution in [0.1, 0.15) is 63.2 Å². The van der Waals surface area contributed by atoms with Gasteiger partial charge in [0, 0.05) is 23.7 Å². The van der Waals surface area contributed by atoms with Gasteiger partial charge in [-0.2, -0.15) is 0 Å². The maximum absolute atomic E-state index is 13.2. The lowest BCUT2D eigenvalue weighted by Crippen LogP contribution is -2.44. The normalized spacial score (nSPS) is 21.7. The molecule has 162 valence electrons. The van der Waals surface area contributed by atoms with E-state index in [0.717, 1.165) is 48.3 Å². The third-order valence-electron chi connectivity index (χ3n) is 6.64. The molecule has 2 aliphatic carbocycles. The monoisotopic (exact) mass is 419 g/mol. The fourth-order valence-corrected chi connectivity index (χ4v) is 5.19. The van der Waals surface area contributed by atoms with Gasteiger partial charge in [-0.15, -0.1) is 0 Å². The predicted octanol–water partition coefficient (Wildman–Crippen LogP) is 4.71. The minimum atomic E-state index is -0.425. The lowest BCUT2D eigenvalue weighted by atomic mass is 9.88. The Morgan fingerprint density at radius 1 is 1.06 bits per heavy atom. The van der Waals surface area contributed by atoms with Crippen molar-refractivity contribution < 1.29 is 14.0 Å². The summed E-state index contributed by atoms with van der Waals surface area (Å²) in [5, 5.41) is 6.75. The Bertz CT molecular complexity index is 989. The Morgan fingerprint density at radius 2 is 1.90 bits per heavy atom. The van der Waals surface area contributed by atoms with Crippen molar-refractivity contribution in [1.29, 1.82) is 0 Å². The molecule has 2 aromatic rings. The van der Waals surface area contributed by atoms with Gasteiger partial charge in [0.2, 0.25) is 5.91 Å². The van der Waals surface area contributed by atoms with Crippen LogP contribution in [0.5, 0.6) is 0 Å². The number of carbonyl (C=O) groups is 2. The summed E-state index contributed by atoms with van der Waals surface area (Å²) in [6, 6.07) is 11.5. The van der Waals surface area contributed by atoms with E-state index in [1.165, 1.54) is 19.3 Å². The lowest BCUT2D eigenvalue weighted by molar-refractivity contribution is -0.121. The number of benzene rings is 1. The number of hydrogen-bond donors (Lipinski definition) is 2. The number of amides is 1. The molecule has 0 radical (unpaired) electrons. The van der Waals surface area contributed by atoms with Gasteiger partial charge in [-0.05, 0) is 49.9 Å². The number of Topliss-reactive ketones (excluding diaryl/α,β-unsaturated/α-hetero) is 1. The van der Waals surface area contributed by atoms with E-state index in [0.29, 0.717) is 12.2 Å². The summed E-state index contributed by atoms with van der Waals surface area (Å²) in [6.45, 7) is 0.171. The summed E-state index contributed by atoms with van der Waals surface area (Å²) >= 11 is 0. The highest BCUT2D eigenvalue weighted by atomic mass is 16.3. The molecule has 1 saturated carbocycles. The molecule has 1 amide bonds. The summed E-state index contributed by atoms with van der Waals surface area (Å²) in [5.74, 6) is 0.804. The number of hydrogen-bond acceptors (Lipinski definition) is 5. The second-order valence-electron chi connectivity index (χ2n) is 8.76. The fourth-order valence-electron chi connectivity index (χ4n) is 5.19. The second kappa shape index (κ2) is 8.61. The molecule has 1 atom stereocenters. The van der Waals surface area contributed by atoms with E-state index in [-0.39, 0.29) is 24.3 Å². The fraction of sp³-hybridized carbons (Fsp3) is 0.440. The number of carbonyl (C=O) groups excluding carboxylic acids is 2. The van der Waals surface area contributed by atoms with Crippen LogP contribution in [0.15, 0.2) is 58.3 Å². The van der Waals surface area contributed by atoms with Gasteiger partial charge in [0.1, 0.15) is 11.8 Å². The number of rotatable bonds is 4. The number of ketones is 1. The number of allylic oxidation sites excluding steroid dienone is 1.